The first kappa shape index (κ1) is 11.4. The van der Waals surface area contributed by atoms with Gasteiger partial charge in [0.2, 0.25) is 0 Å². The second-order valence-corrected chi connectivity index (χ2v) is 2.92. The van der Waals surface area contributed by atoms with Crippen molar-refractivity contribution in [1.82, 2.24) is 4.98 Å². The van der Waals surface area contributed by atoms with Gasteiger partial charge in [0.15, 0.2) is 5.69 Å². The average molecular weight is 207 g/mol. The van der Waals surface area contributed by atoms with Gasteiger partial charge in [0.1, 0.15) is 6.07 Å². The van der Waals surface area contributed by atoms with Gasteiger partial charge in [-0.15, -0.1) is 0 Å². The van der Waals surface area contributed by atoms with Gasteiger partial charge in [-0.05, 0) is 12.1 Å². The van der Waals surface area contributed by atoms with Crippen LogP contribution in [-0.2, 0) is 0 Å². The van der Waals surface area contributed by atoms with Crippen molar-refractivity contribution in [3.63, 3.8) is 0 Å². The number of anilines is 1. The number of hydrogen-bond donors (Lipinski definition) is 2. The summed E-state index contributed by atoms with van der Waals surface area (Å²) >= 11 is 0. The van der Waals surface area contributed by atoms with E-state index in [-0.39, 0.29) is 13.2 Å². The SMILES string of the molecule is N#Cc1ncccc1N(CCO)CCO. The van der Waals surface area contributed by atoms with Crippen molar-refractivity contribution < 1.29 is 10.2 Å². The fourth-order valence-corrected chi connectivity index (χ4v) is 1.33. The topological polar surface area (TPSA) is 80.4 Å². The van der Waals surface area contributed by atoms with E-state index in [1.807, 2.05) is 6.07 Å². The molecule has 0 saturated heterocycles. The minimum Gasteiger partial charge on any atom is -0.395 e. The van der Waals surface area contributed by atoms with Crippen molar-refractivity contribution in [2.75, 3.05) is 31.2 Å². The zero-order valence-electron chi connectivity index (χ0n) is 8.30. The highest BCUT2D eigenvalue weighted by molar-refractivity contribution is 5.55. The number of aromatic nitrogens is 1. The summed E-state index contributed by atoms with van der Waals surface area (Å²) in [5.41, 5.74) is 0.947. The predicted molar refractivity (Wildman–Crippen MR) is 55.3 cm³/mol. The van der Waals surface area contributed by atoms with Crippen LogP contribution in [0.3, 0.4) is 0 Å². The van der Waals surface area contributed by atoms with E-state index in [0.29, 0.717) is 24.5 Å². The minimum atomic E-state index is -0.0280. The standard InChI is InChI=1S/C10H13N3O2/c11-8-9-10(2-1-3-12-9)13(4-6-14)5-7-15/h1-3,14-15H,4-7H2. The first-order valence-electron chi connectivity index (χ1n) is 4.65. The van der Waals surface area contributed by atoms with Crippen LogP contribution >= 0.6 is 0 Å². The summed E-state index contributed by atoms with van der Waals surface area (Å²) in [6.45, 7) is 0.696. The van der Waals surface area contributed by atoms with E-state index in [4.69, 9.17) is 15.5 Å². The molecule has 5 heteroatoms. The molecule has 0 unspecified atom stereocenters. The molecule has 0 aliphatic carbocycles. The molecule has 1 aromatic rings. The molecule has 1 aromatic heterocycles. The maximum Gasteiger partial charge on any atom is 0.163 e. The second-order valence-electron chi connectivity index (χ2n) is 2.92. The molecule has 0 spiro atoms. The highest BCUT2D eigenvalue weighted by Crippen LogP contribution is 2.16. The van der Waals surface area contributed by atoms with E-state index in [0.717, 1.165) is 0 Å². The summed E-state index contributed by atoms with van der Waals surface area (Å²) in [6, 6.07) is 5.44. The van der Waals surface area contributed by atoms with E-state index >= 15 is 0 Å². The largest absolute Gasteiger partial charge is 0.395 e. The van der Waals surface area contributed by atoms with Crippen molar-refractivity contribution in [3.8, 4) is 6.07 Å². The monoisotopic (exact) mass is 207 g/mol. The third-order valence-electron chi connectivity index (χ3n) is 1.97. The van der Waals surface area contributed by atoms with Crippen LogP contribution < -0.4 is 4.90 Å². The van der Waals surface area contributed by atoms with Crippen molar-refractivity contribution in [2.45, 2.75) is 0 Å². The fraction of sp³-hybridized carbons (Fsp3) is 0.400. The fourth-order valence-electron chi connectivity index (χ4n) is 1.33. The molecule has 1 rings (SSSR count). The number of aliphatic hydroxyl groups excluding tert-OH is 2. The van der Waals surface area contributed by atoms with E-state index in [9.17, 15) is 0 Å². The summed E-state index contributed by atoms with van der Waals surface area (Å²) in [6.07, 6.45) is 1.54. The van der Waals surface area contributed by atoms with Crippen LogP contribution in [0.5, 0.6) is 0 Å². The Morgan fingerprint density at radius 2 is 2.00 bits per heavy atom. The van der Waals surface area contributed by atoms with Crippen LogP contribution in [0.15, 0.2) is 18.3 Å². The maximum atomic E-state index is 8.86. The lowest BCUT2D eigenvalue weighted by molar-refractivity contribution is 0.281. The molecule has 0 bridgehead atoms. The summed E-state index contributed by atoms with van der Waals surface area (Å²) in [5.74, 6) is 0. The van der Waals surface area contributed by atoms with Gasteiger partial charge in [-0.3, -0.25) is 0 Å². The van der Waals surface area contributed by atoms with E-state index in [2.05, 4.69) is 4.98 Å². The number of nitriles is 1. The zero-order chi connectivity index (χ0) is 11.1. The molecule has 0 aromatic carbocycles. The molecule has 2 N–H and O–H groups in total. The Bertz CT molecular complexity index is 343. The third-order valence-corrected chi connectivity index (χ3v) is 1.97. The van der Waals surface area contributed by atoms with E-state index in [1.165, 1.54) is 6.20 Å². The molecule has 5 nitrogen and oxygen atoms in total. The lowest BCUT2D eigenvalue weighted by atomic mass is 10.2. The van der Waals surface area contributed by atoms with Crippen LogP contribution in [0.4, 0.5) is 5.69 Å². The van der Waals surface area contributed by atoms with Gasteiger partial charge < -0.3 is 15.1 Å². The Hall–Kier alpha value is -1.64. The molecule has 0 saturated carbocycles. The van der Waals surface area contributed by atoms with Gasteiger partial charge in [0.25, 0.3) is 0 Å². The summed E-state index contributed by atoms with van der Waals surface area (Å²) < 4.78 is 0. The van der Waals surface area contributed by atoms with Gasteiger partial charge in [-0.2, -0.15) is 5.26 Å². The predicted octanol–water partition coefficient (Wildman–Crippen LogP) is -0.256. The van der Waals surface area contributed by atoms with Crippen LogP contribution in [0.1, 0.15) is 5.69 Å². The van der Waals surface area contributed by atoms with Gasteiger partial charge in [0.05, 0.1) is 18.9 Å². The molecule has 0 amide bonds. The van der Waals surface area contributed by atoms with Crippen molar-refractivity contribution in [2.24, 2.45) is 0 Å². The number of aliphatic hydroxyl groups is 2. The molecule has 0 atom stereocenters. The summed E-state index contributed by atoms with van der Waals surface area (Å²) in [5, 5.41) is 26.6. The lowest BCUT2D eigenvalue weighted by Gasteiger charge is -2.23. The Morgan fingerprint density at radius 1 is 1.33 bits per heavy atom. The smallest absolute Gasteiger partial charge is 0.163 e. The quantitative estimate of drug-likeness (QED) is 0.695. The number of pyridine rings is 1. The van der Waals surface area contributed by atoms with Crippen molar-refractivity contribution in [1.29, 1.82) is 5.26 Å². The second kappa shape index (κ2) is 5.96. The summed E-state index contributed by atoms with van der Waals surface area (Å²) in [7, 11) is 0. The molecular weight excluding hydrogens is 194 g/mol. The molecule has 0 aliphatic heterocycles. The highest BCUT2D eigenvalue weighted by Gasteiger charge is 2.10. The van der Waals surface area contributed by atoms with Gasteiger partial charge in [-0.1, -0.05) is 0 Å². The minimum absolute atomic E-state index is 0.0280. The van der Waals surface area contributed by atoms with Crippen LogP contribution in [0.2, 0.25) is 0 Å². The number of nitrogens with zero attached hydrogens (tertiary/aromatic N) is 3. The molecule has 0 fully saturated rings. The van der Waals surface area contributed by atoms with E-state index in [1.54, 1.807) is 17.0 Å². The maximum absolute atomic E-state index is 8.86. The van der Waals surface area contributed by atoms with Crippen molar-refractivity contribution >= 4 is 5.69 Å². The van der Waals surface area contributed by atoms with Gasteiger partial charge >= 0.3 is 0 Å². The molecule has 0 radical (unpaired) electrons. The molecule has 0 aliphatic rings. The van der Waals surface area contributed by atoms with Gasteiger partial charge in [-0.25, -0.2) is 4.98 Å². The molecule has 15 heavy (non-hydrogen) atoms. The molecule has 80 valence electrons. The van der Waals surface area contributed by atoms with Crippen molar-refractivity contribution in [3.05, 3.63) is 24.0 Å². The zero-order valence-corrected chi connectivity index (χ0v) is 8.30. The first-order valence-corrected chi connectivity index (χ1v) is 4.65. The molecular formula is C10H13N3O2. The van der Waals surface area contributed by atoms with Crippen LogP contribution in [0, 0.1) is 11.3 Å². The average Bonchev–Trinajstić information content (AvgIpc) is 2.29. The Morgan fingerprint density at radius 3 is 2.53 bits per heavy atom. The first-order chi connectivity index (χ1) is 7.33. The normalized spacial score (nSPS) is 9.67. The third kappa shape index (κ3) is 2.91. The number of rotatable bonds is 5. The highest BCUT2D eigenvalue weighted by atomic mass is 16.3. The summed E-state index contributed by atoms with van der Waals surface area (Å²) in [4.78, 5) is 5.64. The van der Waals surface area contributed by atoms with Crippen LogP contribution in [0.25, 0.3) is 0 Å². The Labute approximate surface area is 88.2 Å². The lowest BCUT2D eigenvalue weighted by Crippen LogP contribution is -2.30. The molecule has 1 heterocycles. The Kier molecular flexibility index (Phi) is 4.54. The Balaban J connectivity index is 2.94. The van der Waals surface area contributed by atoms with Gasteiger partial charge in [0, 0.05) is 19.3 Å². The van der Waals surface area contributed by atoms with Crippen LogP contribution in [-0.4, -0.2) is 41.5 Å². The van der Waals surface area contributed by atoms with E-state index < -0.39 is 0 Å². The number of hydrogen-bond acceptors (Lipinski definition) is 5.